The van der Waals surface area contributed by atoms with Crippen LogP contribution in [0.25, 0.3) is 11.5 Å². The van der Waals surface area contributed by atoms with E-state index in [1.165, 1.54) is 0 Å². The average molecular weight is 235 g/mol. The van der Waals surface area contributed by atoms with E-state index in [9.17, 15) is 0 Å². The average Bonchev–Trinajstić information content (AvgIpc) is 2.73. The monoisotopic (exact) mass is 235 g/mol. The molecule has 92 valence electrons. The van der Waals surface area contributed by atoms with E-state index in [-0.39, 0.29) is 0 Å². The number of hydrogen-bond acceptors (Lipinski definition) is 5. The fourth-order valence-electron chi connectivity index (χ4n) is 1.67. The lowest BCUT2D eigenvalue weighted by atomic mass is 10.1. The van der Waals surface area contributed by atoms with E-state index in [1.54, 1.807) is 4.68 Å². The van der Waals surface area contributed by atoms with Gasteiger partial charge in [0.15, 0.2) is 5.82 Å². The first kappa shape index (κ1) is 11.8. The van der Waals surface area contributed by atoms with Crippen LogP contribution in [0, 0.1) is 13.8 Å². The van der Waals surface area contributed by atoms with Gasteiger partial charge in [0.25, 0.3) is 5.89 Å². The molecule has 2 rings (SSSR count). The number of nitrogens with zero attached hydrogens (tertiary/aromatic N) is 4. The van der Waals surface area contributed by atoms with Crippen LogP contribution in [-0.2, 0) is 12.6 Å². The minimum atomic E-state index is -0.605. The smallest absolute Gasteiger partial charge is 0.261 e. The number of nitrogens with two attached hydrogens (primary N) is 1. The molecule has 0 saturated carbocycles. The molecular formula is C11H17N5O. The molecule has 0 bridgehead atoms. The molecule has 0 unspecified atom stereocenters. The lowest BCUT2D eigenvalue weighted by Crippen LogP contribution is -2.30. The predicted molar refractivity (Wildman–Crippen MR) is 63.2 cm³/mol. The lowest BCUT2D eigenvalue weighted by molar-refractivity contribution is 0.397. The maximum atomic E-state index is 5.92. The maximum Gasteiger partial charge on any atom is 0.261 e. The van der Waals surface area contributed by atoms with Crippen LogP contribution in [0.15, 0.2) is 4.52 Å². The number of rotatable bonds is 2. The van der Waals surface area contributed by atoms with Crippen LogP contribution < -0.4 is 5.73 Å². The van der Waals surface area contributed by atoms with Gasteiger partial charge < -0.3 is 10.3 Å². The zero-order chi connectivity index (χ0) is 12.8. The first-order chi connectivity index (χ1) is 7.80. The third-order valence-corrected chi connectivity index (χ3v) is 2.73. The van der Waals surface area contributed by atoms with Crippen LogP contribution in [0.1, 0.15) is 31.1 Å². The summed E-state index contributed by atoms with van der Waals surface area (Å²) in [6.07, 6.45) is 0. The maximum absolute atomic E-state index is 5.92. The van der Waals surface area contributed by atoms with Gasteiger partial charge in [0, 0.05) is 12.7 Å². The van der Waals surface area contributed by atoms with Crippen molar-refractivity contribution in [2.45, 2.75) is 33.2 Å². The molecule has 6 heteroatoms. The van der Waals surface area contributed by atoms with Crippen LogP contribution in [-0.4, -0.2) is 19.9 Å². The molecule has 2 heterocycles. The first-order valence-corrected chi connectivity index (χ1v) is 5.44. The third-order valence-electron chi connectivity index (χ3n) is 2.73. The van der Waals surface area contributed by atoms with E-state index in [0.29, 0.717) is 11.7 Å². The first-order valence-electron chi connectivity index (χ1n) is 5.44. The van der Waals surface area contributed by atoms with Gasteiger partial charge in [0.1, 0.15) is 0 Å². The highest BCUT2D eigenvalue weighted by molar-refractivity contribution is 5.59. The van der Waals surface area contributed by atoms with Gasteiger partial charge >= 0.3 is 0 Å². The lowest BCUT2D eigenvalue weighted by Gasteiger charge is -2.11. The van der Waals surface area contributed by atoms with Crippen LogP contribution >= 0.6 is 0 Å². The van der Waals surface area contributed by atoms with Crippen molar-refractivity contribution < 1.29 is 4.52 Å². The van der Waals surface area contributed by atoms with Crippen LogP contribution in [0.5, 0.6) is 0 Å². The van der Waals surface area contributed by atoms with E-state index in [2.05, 4.69) is 15.2 Å². The molecule has 0 aliphatic heterocycles. The summed E-state index contributed by atoms with van der Waals surface area (Å²) < 4.78 is 7.05. The zero-order valence-electron chi connectivity index (χ0n) is 10.8. The van der Waals surface area contributed by atoms with Crippen molar-refractivity contribution in [3.8, 4) is 11.5 Å². The van der Waals surface area contributed by atoms with Crippen LogP contribution in [0.4, 0.5) is 0 Å². The second-order valence-electron chi connectivity index (χ2n) is 4.81. The largest absolute Gasteiger partial charge is 0.334 e. The standard InChI is InChI=1S/C11H17N5O/c1-6-8(7(2)16(5)14-6)9-13-10(15-17-9)11(3,4)12/h12H2,1-5H3. The zero-order valence-corrected chi connectivity index (χ0v) is 10.8. The van der Waals surface area contributed by atoms with Gasteiger partial charge in [-0.15, -0.1) is 0 Å². The van der Waals surface area contributed by atoms with Crippen molar-refractivity contribution in [1.29, 1.82) is 0 Å². The van der Waals surface area contributed by atoms with Crippen LogP contribution in [0.2, 0.25) is 0 Å². The summed E-state index contributed by atoms with van der Waals surface area (Å²) in [7, 11) is 1.88. The molecule has 2 N–H and O–H groups in total. The molecule has 0 amide bonds. The molecule has 17 heavy (non-hydrogen) atoms. The Morgan fingerprint density at radius 1 is 1.29 bits per heavy atom. The van der Waals surface area contributed by atoms with Crippen molar-refractivity contribution in [1.82, 2.24) is 19.9 Å². The predicted octanol–water partition coefficient (Wildman–Crippen LogP) is 1.28. The number of aromatic nitrogens is 4. The molecule has 6 nitrogen and oxygen atoms in total. The molecule has 0 saturated heterocycles. The van der Waals surface area contributed by atoms with Gasteiger partial charge in [-0.25, -0.2) is 0 Å². The highest BCUT2D eigenvalue weighted by Crippen LogP contribution is 2.26. The van der Waals surface area contributed by atoms with Gasteiger partial charge in [0.05, 0.1) is 16.8 Å². The Labute approximate surface area is 99.8 Å². The second kappa shape index (κ2) is 3.66. The topological polar surface area (TPSA) is 82.8 Å². The van der Waals surface area contributed by atoms with Crippen LogP contribution in [0.3, 0.4) is 0 Å². The van der Waals surface area contributed by atoms with Gasteiger partial charge in [-0.3, -0.25) is 4.68 Å². The summed E-state index contributed by atoms with van der Waals surface area (Å²) in [5.74, 6) is 0.969. The minimum Gasteiger partial charge on any atom is -0.334 e. The van der Waals surface area contributed by atoms with Gasteiger partial charge in [-0.1, -0.05) is 5.16 Å². The molecule has 0 atom stereocenters. The normalized spacial score (nSPS) is 12.1. The Hall–Kier alpha value is -1.69. The third kappa shape index (κ3) is 1.95. The summed E-state index contributed by atoms with van der Waals surface area (Å²) in [6.45, 7) is 7.56. The van der Waals surface area contributed by atoms with Crippen molar-refractivity contribution in [3.05, 3.63) is 17.2 Å². The highest BCUT2D eigenvalue weighted by atomic mass is 16.5. The molecule has 2 aromatic rings. The SMILES string of the molecule is Cc1nn(C)c(C)c1-c1nc(C(C)(C)N)no1. The Bertz CT molecular complexity index is 547. The fraction of sp³-hybridized carbons (Fsp3) is 0.545. The number of aryl methyl sites for hydroxylation is 2. The molecule has 0 aromatic carbocycles. The van der Waals surface area contributed by atoms with Crippen molar-refractivity contribution >= 4 is 0 Å². The van der Waals surface area contributed by atoms with Gasteiger partial charge in [-0.2, -0.15) is 10.1 Å². The molecular weight excluding hydrogens is 218 g/mol. The van der Waals surface area contributed by atoms with Gasteiger partial charge in [0.2, 0.25) is 0 Å². The van der Waals surface area contributed by atoms with E-state index in [0.717, 1.165) is 17.0 Å². The summed E-state index contributed by atoms with van der Waals surface area (Å²) in [6, 6.07) is 0. The Morgan fingerprint density at radius 3 is 2.35 bits per heavy atom. The summed E-state index contributed by atoms with van der Waals surface area (Å²) >= 11 is 0. The molecule has 0 radical (unpaired) electrons. The fourth-order valence-corrected chi connectivity index (χ4v) is 1.67. The molecule has 0 fully saturated rings. The summed E-state index contributed by atoms with van der Waals surface area (Å²) in [4.78, 5) is 4.33. The molecule has 0 aliphatic rings. The second-order valence-corrected chi connectivity index (χ2v) is 4.81. The van der Waals surface area contributed by atoms with Crippen molar-refractivity contribution in [3.63, 3.8) is 0 Å². The summed E-state index contributed by atoms with van der Waals surface area (Å²) in [5.41, 5.74) is 8.07. The van der Waals surface area contributed by atoms with Gasteiger partial charge in [-0.05, 0) is 27.7 Å². The van der Waals surface area contributed by atoms with E-state index >= 15 is 0 Å². The van der Waals surface area contributed by atoms with Crippen molar-refractivity contribution in [2.75, 3.05) is 0 Å². The number of hydrogen-bond donors (Lipinski definition) is 1. The Balaban J connectivity index is 2.51. The van der Waals surface area contributed by atoms with Crippen molar-refractivity contribution in [2.24, 2.45) is 12.8 Å². The molecule has 0 spiro atoms. The summed E-state index contributed by atoms with van der Waals surface area (Å²) in [5, 5.41) is 8.22. The Morgan fingerprint density at radius 2 is 1.94 bits per heavy atom. The quantitative estimate of drug-likeness (QED) is 0.847. The van der Waals surface area contributed by atoms with E-state index < -0.39 is 5.54 Å². The minimum absolute atomic E-state index is 0.474. The molecule has 0 aliphatic carbocycles. The molecule has 2 aromatic heterocycles. The van der Waals surface area contributed by atoms with E-state index in [4.69, 9.17) is 10.3 Å². The van der Waals surface area contributed by atoms with E-state index in [1.807, 2.05) is 34.7 Å². The highest BCUT2D eigenvalue weighted by Gasteiger charge is 2.24. The Kier molecular flexibility index (Phi) is 2.54.